The minimum absolute atomic E-state index is 0. The molecule has 304 valence electrons. The van der Waals surface area contributed by atoms with E-state index in [4.69, 9.17) is 16.8 Å². The van der Waals surface area contributed by atoms with Crippen molar-refractivity contribution in [1.29, 1.82) is 0 Å². The molecule has 0 spiro atoms. The van der Waals surface area contributed by atoms with Gasteiger partial charge in [-0.05, 0) is 106 Å². The molecule has 0 unspecified atom stereocenters. The van der Waals surface area contributed by atoms with Gasteiger partial charge in [0.1, 0.15) is 11.6 Å². The van der Waals surface area contributed by atoms with Gasteiger partial charge in [0.05, 0.1) is 22.3 Å². The van der Waals surface area contributed by atoms with E-state index in [1.807, 2.05) is 83.6 Å². The Kier molecular flexibility index (Phi) is 10.1. The molecule has 0 aliphatic rings. The maximum Gasteiger partial charge on any atom is 0.148 e. The fraction of sp³-hybridized carbons (Fsp3) is 0.143. The summed E-state index contributed by atoms with van der Waals surface area (Å²) in [6, 6.07) is 54.5. The fourth-order valence-corrected chi connectivity index (χ4v) is 7.84. The topological polar surface area (TPSA) is 50.9 Å². The largest absolute Gasteiger partial charge is 0.507 e. The number of hydrogen-bond acceptors (Lipinski definition) is 3. The molecule has 7 aromatic carbocycles. The zero-order valence-electron chi connectivity index (χ0n) is 39.7. The Bertz CT molecular complexity index is 3210. The Balaban J connectivity index is 0.00000592. The molecule has 0 saturated heterocycles. The molecule has 0 aliphatic carbocycles. The maximum absolute atomic E-state index is 11.4. The quantitative estimate of drug-likeness (QED) is 0.147. The van der Waals surface area contributed by atoms with Gasteiger partial charge in [-0.25, -0.2) is 4.98 Å². The van der Waals surface area contributed by atoms with E-state index in [0.29, 0.717) is 33.7 Å². The van der Waals surface area contributed by atoms with Crippen molar-refractivity contribution in [3.63, 3.8) is 0 Å². The van der Waals surface area contributed by atoms with Crippen LogP contribution in [0.5, 0.6) is 5.75 Å². The molecule has 1 N–H and O–H groups in total. The monoisotopic (exact) mass is 978 g/mol. The van der Waals surface area contributed by atoms with Crippen LogP contribution in [0.1, 0.15) is 68.6 Å². The van der Waals surface area contributed by atoms with E-state index in [0.717, 1.165) is 61.3 Å². The standard InChI is InChI=1S/C56H48N3O.Pt/c1-35(2)43-28-44(36(3)4)30-46(29-43)41-23-24-52(38(6)27-41)59-53-17-12-16-49(55(53)58-56(59)50-15-10-11-18-54(50)60)47-31-45(39-13-8-7-9-14-39)32-48(33-47)51-34-42(25-26-57-51)40-21-19-37(5)20-22-40;/h7-32,34-36,60H,1-6H3;/q-1;/i6D3,35D,36D;. The van der Waals surface area contributed by atoms with Crippen LogP contribution in [-0.4, -0.2) is 19.6 Å². The van der Waals surface area contributed by atoms with E-state index in [1.165, 1.54) is 5.56 Å². The smallest absolute Gasteiger partial charge is 0.148 e. The normalized spacial score (nSPS) is 13.1. The second kappa shape index (κ2) is 17.3. The van der Waals surface area contributed by atoms with Gasteiger partial charge in [-0.1, -0.05) is 159 Å². The summed E-state index contributed by atoms with van der Waals surface area (Å²) in [6.45, 7) is 6.72. The van der Waals surface area contributed by atoms with Crippen molar-refractivity contribution in [2.45, 2.75) is 53.3 Å². The summed E-state index contributed by atoms with van der Waals surface area (Å²) in [6.07, 6.45) is 1.82. The van der Waals surface area contributed by atoms with Gasteiger partial charge in [0.2, 0.25) is 0 Å². The Hall–Kier alpha value is -6.35. The first-order valence-corrected chi connectivity index (χ1v) is 20.2. The number of fused-ring (bicyclic) bond motifs is 1. The number of nitrogens with zero attached hydrogens (tertiary/aromatic N) is 3. The van der Waals surface area contributed by atoms with E-state index in [1.54, 1.807) is 58.0 Å². The summed E-state index contributed by atoms with van der Waals surface area (Å²) in [5.74, 6) is -1.54. The number of pyridine rings is 1. The summed E-state index contributed by atoms with van der Waals surface area (Å²) in [5.41, 5.74) is 13.3. The molecule has 2 heterocycles. The van der Waals surface area contributed by atoms with Crippen molar-refractivity contribution in [1.82, 2.24) is 14.5 Å². The van der Waals surface area contributed by atoms with Crippen LogP contribution in [0, 0.1) is 19.8 Å². The second-order valence-electron chi connectivity index (χ2n) is 15.9. The first kappa shape index (κ1) is 35.4. The van der Waals surface area contributed by atoms with Crippen molar-refractivity contribution >= 4 is 11.0 Å². The molecule has 5 heteroatoms. The molecule has 9 aromatic rings. The van der Waals surface area contributed by atoms with Gasteiger partial charge in [-0.2, -0.15) is 0 Å². The summed E-state index contributed by atoms with van der Waals surface area (Å²) in [4.78, 5) is 10.1. The molecular formula is C56H48N3OPt-. The van der Waals surface area contributed by atoms with E-state index in [9.17, 15) is 5.11 Å². The minimum Gasteiger partial charge on any atom is -0.507 e. The van der Waals surface area contributed by atoms with Crippen LogP contribution in [0.4, 0.5) is 0 Å². The van der Waals surface area contributed by atoms with E-state index in [-0.39, 0.29) is 32.4 Å². The number of rotatable bonds is 9. The molecule has 2 aromatic heterocycles. The van der Waals surface area contributed by atoms with E-state index < -0.39 is 18.6 Å². The van der Waals surface area contributed by atoms with Gasteiger partial charge < -0.3 is 5.11 Å². The number of aromatic nitrogens is 3. The number of aromatic hydroxyl groups is 1. The second-order valence-corrected chi connectivity index (χ2v) is 15.9. The molecule has 4 nitrogen and oxygen atoms in total. The van der Waals surface area contributed by atoms with E-state index in [2.05, 4.69) is 67.6 Å². The molecule has 0 amide bonds. The number of imidazole rings is 1. The van der Waals surface area contributed by atoms with Gasteiger partial charge in [0.25, 0.3) is 0 Å². The number of phenols is 1. The number of para-hydroxylation sites is 2. The SMILES string of the molecule is [2H]C([2H])([2H])c1cc(-c2cc(C([2H])(C)C)cc(C([2H])(C)C)c2)ccc1-n1c(-c2ccccc2O)nc2c(-c3[c-]c(-c4cc(-c5ccc(C)cc5)ccn4)cc(-c4ccccc4)c3)cccc21.[Pt]. The first-order valence-electron chi connectivity index (χ1n) is 22.7. The van der Waals surface area contributed by atoms with Crippen LogP contribution in [0.2, 0.25) is 0 Å². The van der Waals surface area contributed by atoms with Gasteiger partial charge >= 0.3 is 0 Å². The zero-order valence-corrected chi connectivity index (χ0v) is 37.0. The number of benzene rings is 7. The molecule has 0 bridgehead atoms. The van der Waals surface area contributed by atoms with Crippen LogP contribution in [-0.2, 0) is 21.1 Å². The van der Waals surface area contributed by atoms with Crippen LogP contribution in [0.3, 0.4) is 0 Å². The molecule has 61 heavy (non-hydrogen) atoms. The van der Waals surface area contributed by atoms with Crippen LogP contribution >= 0.6 is 0 Å². The third-order valence-electron chi connectivity index (χ3n) is 11.2. The summed E-state index contributed by atoms with van der Waals surface area (Å²) in [5, 5.41) is 11.4. The Morgan fingerprint density at radius 1 is 0.607 bits per heavy atom. The third-order valence-corrected chi connectivity index (χ3v) is 11.2. The zero-order chi connectivity index (χ0) is 45.8. The minimum atomic E-state index is -2.58. The molecule has 0 fully saturated rings. The average Bonchev–Trinajstić information content (AvgIpc) is 3.68. The number of phenolic OH excluding ortho intramolecular Hbond substituents is 1. The van der Waals surface area contributed by atoms with Gasteiger partial charge in [0, 0.05) is 39.8 Å². The van der Waals surface area contributed by atoms with Crippen LogP contribution in [0.25, 0.3) is 83.9 Å². The van der Waals surface area contributed by atoms with Crippen molar-refractivity contribution in [3.8, 4) is 78.6 Å². The van der Waals surface area contributed by atoms with Crippen molar-refractivity contribution in [2.75, 3.05) is 0 Å². The molecule has 0 aliphatic heterocycles. The third kappa shape index (κ3) is 8.26. The Morgan fingerprint density at radius 2 is 1.25 bits per heavy atom. The predicted octanol–water partition coefficient (Wildman–Crippen LogP) is 14.8. The average molecular weight is 979 g/mol. The summed E-state index contributed by atoms with van der Waals surface area (Å²) in [7, 11) is 0. The summed E-state index contributed by atoms with van der Waals surface area (Å²) >= 11 is 0. The van der Waals surface area contributed by atoms with E-state index >= 15 is 0 Å². The Labute approximate surface area is 380 Å². The van der Waals surface area contributed by atoms with Crippen LogP contribution in [0.15, 0.2) is 164 Å². The predicted molar refractivity (Wildman–Crippen MR) is 250 cm³/mol. The molecule has 0 atom stereocenters. The number of hydrogen-bond donors (Lipinski definition) is 1. The van der Waals surface area contributed by atoms with Crippen molar-refractivity contribution in [2.24, 2.45) is 0 Å². The molecular weight excluding hydrogens is 926 g/mol. The van der Waals surface area contributed by atoms with Crippen LogP contribution < -0.4 is 0 Å². The molecule has 9 rings (SSSR count). The molecule has 0 saturated carbocycles. The molecule has 0 radical (unpaired) electrons. The first-order chi connectivity index (χ1) is 30.9. The summed E-state index contributed by atoms with van der Waals surface area (Å²) < 4.78 is 46.3. The van der Waals surface area contributed by atoms with Gasteiger partial charge in [-0.3, -0.25) is 9.55 Å². The maximum atomic E-state index is 11.4. The van der Waals surface area contributed by atoms with Crippen molar-refractivity contribution < 1.29 is 33.0 Å². The number of aryl methyl sites for hydroxylation is 2. The van der Waals surface area contributed by atoms with Crippen molar-refractivity contribution in [3.05, 3.63) is 192 Å². The van der Waals surface area contributed by atoms with Gasteiger partial charge in [-0.15, -0.1) is 23.8 Å². The fourth-order valence-electron chi connectivity index (χ4n) is 7.84. The van der Waals surface area contributed by atoms with Gasteiger partial charge in [0.15, 0.2) is 0 Å². The Morgan fingerprint density at radius 3 is 1.97 bits per heavy atom.